The van der Waals surface area contributed by atoms with Gasteiger partial charge < -0.3 is 10.5 Å². The number of rotatable bonds is 5. The summed E-state index contributed by atoms with van der Waals surface area (Å²) in [4.78, 5) is 0. The van der Waals surface area contributed by atoms with Gasteiger partial charge in [-0.25, -0.2) is 0 Å². The molecule has 2 aromatic carbocycles. The Balaban J connectivity index is 2.28. The van der Waals surface area contributed by atoms with Crippen LogP contribution < -0.4 is 10.5 Å². The zero-order chi connectivity index (χ0) is 14.5. The maximum atomic E-state index is 6.25. The van der Waals surface area contributed by atoms with Gasteiger partial charge in [0.2, 0.25) is 0 Å². The second-order valence-corrected chi connectivity index (χ2v) is 5.43. The maximum absolute atomic E-state index is 6.25. The highest BCUT2D eigenvalue weighted by molar-refractivity contribution is 6.35. The van der Waals surface area contributed by atoms with Crippen LogP contribution in [0.1, 0.15) is 24.2 Å². The van der Waals surface area contributed by atoms with Crippen LogP contribution >= 0.6 is 23.2 Å². The average molecular weight is 310 g/mol. The first-order valence-corrected chi connectivity index (χ1v) is 7.27. The van der Waals surface area contributed by atoms with Gasteiger partial charge in [0.15, 0.2) is 0 Å². The molecule has 2 aromatic rings. The molecule has 0 aliphatic heterocycles. The second kappa shape index (κ2) is 6.98. The molecule has 1 unspecified atom stereocenters. The van der Waals surface area contributed by atoms with E-state index in [1.807, 2.05) is 43.3 Å². The topological polar surface area (TPSA) is 35.2 Å². The molecule has 106 valence electrons. The van der Waals surface area contributed by atoms with Gasteiger partial charge in [-0.1, -0.05) is 53.5 Å². The molecule has 0 saturated heterocycles. The molecule has 0 saturated carbocycles. The summed E-state index contributed by atoms with van der Waals surface area (Å²) in [5.74, 6) is 0.665. The Hall–Kier alpha value is -1.22. The van der Waals surface area contributed by atoms with E-state index >= 15 is 0 Å². The summed E-state index contributed by atoms with van der Waals surface area (Å²) >= 11 is 12.3. The first kappa shape index (κ1) is 15.2. The van der Waals surface area contributed by atoms with Crippen molar-refractivity contribution in [1.29, 1.82) is 0 Å². The van der Waals surface area contributed by atoms with Crippen molar-refractivity contribution in [2.75, 3.05) is 6.54 Å². The molecule has 0 heterocycles. The lowest BCUT2D eigenvalue weighted by molar-refractivity contribution is 0.225. The van der Waals surface area contributed by atoms with E-state index in [1.54, 1.807) is 6.07 Å². The molecule has 0 bridgehead atoms. The van der Waals surface area contributed by atoms with E-state index in [4.69, 9.17) is 33.7 Å². The normalized spacial score (nSPS) is 12.2. The first-order valence-electron chi connectivity index (χ1n) is 6.51. The van der Waals surface area contributed by atoms with E-state index < -0.39 is 0 Å². The Labute approximate surface area is 129 Å². The molecule has 0 amide bonds. The molecule has 0 aromatic heterocycles. The number of nitrogens with two attached hydrogens (primary N) is 1. The third-order valence-electron chi connectivity index (χ3n) is 3.06. The molecule has 2 nitrogen and oxygen atoms in total. The Morgan fingerprint density at radius 3 is 2.50 bits per heavy atom. The van der Waals surface area contributed by atoms with Crippen LogP contribution in [0.3, 0.4) is 0 Å². The largest absolute Gasteiger partial charge is 0.484 e. The molecule has 0 fully saturated rings. The average Bonchev–Trinajstić information content (AvgIpc) is 2.43. The van der Waals surface area contributed by atoms with Crippen molar-refractivity contribution in [3.8, 4) is 5.75 Å². The zero-order valence-corrected chi connectivity index (χ0v) is 12.8. The van der Waals surface area contributed by atoms with E-state index in [9.17, 15) is 0 Å². The van der Waals surface area contributed by atoms with Crippen LogP contribution in [0.2, 0.25) is 10.0 Å². The Morgan fingerprint density at radius 1 is 1.15 bits per heavy atom. The predicted molar refractivity (Wildman–Crippen MR) is 84.7 cm³/mol. The highest BCUT2D eigenvalue weighted by Crippen LogP contribution is 2.35. The van der Waals surface area contributed by atoms with E-state index in [1.165, 1.54) is 0 Å². The Morgan fingerprint density at radius 2 is 1.85 bits per heavy atom. The van der Waals surface area contributed by atoms with Gasteiger partial charge in [-0.2, -0.15) is 0 Å². The van der Waals surface area contributed by atoms with E-state index in [0.717, 1.165) is 11.1 Å². The van der Waals surface area contributed by atoms with Gasteiger partial charge in [0.05, 0.1) is 5.02 Å². The highest BCUT2D eigenvalue weighted by atomic mass is 35.5. The molecule has 20 heavy (non-hydrogen) atoms. The van der Waals surface area contributed by atoms with Crippen molar-refractivity contribution >= 4 is 23.2 Å². The van der Waals surface area contributed by atoms with Crippen LogP contribution in [0.4, 0.5) is 0 Å². The van der Waals surface area contributed by atoms with Gasteiger partial charge in [0, 0.05) is 5.02 Å². The minimum absolute atomic E-state index is 0.0913. The standard InChI is InChI=1S/C16H17Cl2NO/c1-11(12-5-3-2-4-6-12)20-16-13(7-8-19)9-14(17)10-15(16)18/h2-6,9-11H,7-8,19H2,1H3. The van der Waals surface area contributed by atoms with Gasteiger partial charge in [-0.15, -0.1) is 0 Å². The van der Waals surface area contributed by atoms with Gasteiger partial charge >= 0.3 is 0 Å². The van der Waals surface area contributed by atoms with Gasteiger partial charge in [0.25, 0.3) is 0 Å². The summed E-state index contributed by atoms with van der Waals surface area (Å²) in [6, 6.07) is 13.5. The molecule has 0 spiro atoms. The zero-order valence-electron chi connectivity index (χ0n) is 11.3. The fraction of sp³-hybridized carbons (Fsp3) is 0.250. The Kier molecular flexibility index (Phi) is 5.30. The monoisotopic (exact) mass is 309 g/mol. The molecule has 0 aliphatic rings. The van der Waals surface area contributed by atoms with Crippen molar-refractivity contribution in [2.45, 2.75) is 19.4 Å². The number of benzene rings is 2. The smallest absolute Gasteiger partial charge is 0.142 e. The van der Waals surface area contributed by atoms with Crippen LogP contribution in [0.15, 0.2) is 42.5 Å². The van der Waals surface area contributed by atoms with Crippen molar-refractivity contribution in [1.82, 2.24) is 0 Å². The summed E-state index contributed by atoms with van der Waals surface area (Å²) in [7, 11) is 0. The fourth-order valence-corrected chi connectivity index (χ4v) is 2.64. The SMILES string of the molecule is CC(Oc1c(Cl)cc(Cl)cc1CCN)c1ccccc1. The van der Waals surface area contributed by atoms with Crippen molar-refractivity contribution in [3.05, 3.63) is 63.6 Å². The molecular formula is C16H17Cl2NO. The quantitative estimate of drug-likeness (QED) is 0.873. The molecular weight excluding hydrogens is 293 g/mol. The first-order chi connectivity index (χ1) is 9.61. The summed E-state index contributed by atoms with van der Waals surface area (Å²) in [5.41, 5.74) is 7.66. The van der Waals surface area contributed by atoms with Crippen molar-refractivity contribution in [3.63, 3.8) is 0 Å². The van der Waals surface area contributed by atoms with Crippen LogP contribution in [0, 0.1) is 0 Å². The number of ether oxygens (including phenoxy) is 1. The highest BCUT2D eigenvalue weighted by Gasteiger charge is 2.14. The predicted octanol–water partition coefficient (Wildman–Crippen LogP) is 4.63. The summed E-state index contributed by atoms with van der Waals surface area (Å²) in [6.45, 7) is 2.51. The van der Waals surface area contributed by atoms with Gasteiger partial charge in [0.1, 0.15) is 11.9 Å². The minimum atomic E-state index is -0.0913. The molecule has 0 aliphatic carbocycles. The lowest BCUT2D eigenvalue weighted by Crippen LogP contribution is -2.08. The molecule has 1 atom stereocenters. The summed E-state index contributed by atoms with van der Waals surface area (Å²) < 4.78 is 6.02. The van der Waals surface area contributed by atoms with E-state index in [-0.39, 0.29) is 6.10 Å². The summed E-state index contributed by atoms with van der Waals surface area (Å²) in [5, 5.41) is 1.11. The number of halogens is 2. The summed E-state index contributed by atoms with van der Waals surface area (Å²) in [6.07, 6.45) is 0.586. The van der Waals surface area contributed by atoms with Gasteiger partial charge in [-0.05, 0) is 43.1 Å². The second-order valence-electron chi connectivity index (χ2n) is 4.59. The van der Waals surface area contributed by atoms with E-state index in [0.29, 0.717) is 28.8 Å². The number of hydrogen-bond acceptors (Lipinski definition) is 2. The molecule has 0 radical (unpaired) electrons. The third-order valence-corrected chi connectivity index (χ3v) is 3.56. The maximum Gasteiger partial charge on any atom is 0.142 e. The lowest BCUT2D eigenvalue weighted by Gasteiger charge is -2.19. The van der Waals surface area contributed by atoms with Crippen molar-refractivity contribution in [2.24, 2.45) is 5.73 Å². The van der Waals surface area contributed by atoms with Crippen LogP contribution in [-0.4, -0.2) is 6.54 Å². The van der Waals surface area contributed by atoms with Gasteiger partial charge in [-0.3, -0.25) is 0 Å². The molecule has 2 rings (SSSR count). The fourth-order valence-electron chi connectivity index (χ4n) is 2.06. The molecule has 2 N–H and O–H groups in total. The van der Waals surface area contributed by atoms with Crippen LogP contribution in [0.25, 0.3) is 0 Å². The van der Waals surface area contributed by atoms with Crippen LogP contribution in [0.5, 0.6) is 5.75 Å². The minimum Gasteiger partial charge on any atom is -0.484 e. The third kappa shape index (κ3) is 3.66. The Bertz CT molecular complexity index is 572. The van der Waals surface area contributed by atoms with Crippen LogP contribution in [-0.2, 0) is 6.42 Å². The lowest BCUT2D eigenvalue weighted by atomic mass is 10.1. The number of hydrogen-bond donors (Lipinski definition) is 1. The molecule has 4 heteroatoms. The van der Waals surface area contributed by atoms with Crippen molar-refractivity contribution < 1.29 is 4.74 Å². The van der Waals surface area contributed by atoms with E-state index in [2.05, 4.69) is 0 Å².